The lowest BCUT2D eigenvalue weighted by Crippen LogP contribution is -2.44. The summed E-state index contributed by atoms with van der Waals surface area (Å²) in [7, 11) is 1.65. The lowest BCUT2D eigenvalue weighted by atomic mass is 10.1. The molecule has 0 atom stereocenters. The number of carbonyl (C=O) groups is 1. The van der Waals surface area contributed by atoms with Crippen molar-refractivity contribution in [2.24, 2.45) is 0 Å². The standard InChI is InChI=1S/C17H23N3O4.C13H17N3O2/c1-17(2,3)24-16(22)20-8-6-11(7-9-20)18-15-19-13-10-12(21)4-5-14(13)23-15;1-17-10-2-3-12-11(8-10)16-13(18-12)15-9-4-6-14-7-5-9/h4-5,10-11,21H,6-9H2,1-3H3,(H,18,19);2-3,8-9,14H,4-7H2,1H3,(H,15,16). The van der Waals surface area contributed by atoms with Crippen LogP contribution in [0.15, 0.2) is 45.2 Å². The van der Waals surface area contributed by atoms with Crippen LogP contribution in [-0.2, 0) is 4.74 Å². The first-order valence-corrected chi connectivity index (χ1v) is 14.4. The Morgan fingerprint density at radius 2 is 1.50 bits per heavy atom. The summed E-state index contributed by atoms with van der Waals surface area (Å²) < 4.78 is 21.9. The summed E-state index contributed by atoms with van der Waals surface area (Å²) in [6.07, 6.45) is 3.52. The Kier molecular flexibility index (Phi) is 8.91. The van der Waals surface area contributed by atoms with E-state index in [4.69, 9.17) is 18.3 Å². The first-order chi connectivity index (χ1) is 20.1. The van der Waals surface area contributed by atoms with Gasteiger partial charge in [-0.05, 0) is 83.8 Å². The van der Waals surface area contributed by atoms with E-state index in [0.29, 0.717) is 42.3 Å². The van der Waals surface area contributed by atoms with Crippen molar-refractivity contribution in [2.75, 3.05) is 43.9 Å². The van der Waals surface area contributed by atoms with E-state index in [9.17, 15) is 9.90 Å². The van der Waals surface area contributed by atoms with Crippen molar-refractivity contribution in [1.82, 2.24) is 20.2 Å². The number of amides is 1. The first kappa shape index (κ1) is 29.3. The molecule has 0 saturated carbocycles. The van der Waals surface area contributed by atoms with Crippen LogP contribution >= 0.6 is 0 Å². The van der Waals surface area contributed by atoms with Gasteiger partial charge in [0.25, 0.3) is 12.0 Å². The number of nitrogens with zero attached hydrogens (tertiary/aromatic N) is 3. The molecule has 226 valence electrons. The molecule has 2 aromatic carbocycles. The van der Waals surface area contributed by atoms with E-state index in [-0.39, 0.29) is 17.9 Å². The fourth-order valence-corrected chi connectivity index (χ4v) is 4.92. The van der Waals surface area contributed by atoms with Crippen molar-refractivity contribution in [3.05, 3.63) is 36.4 Å². The Bertz CT molecular complexity index is 1480. The molecular weight excluding hydrogens is 540 g/mol. The molecule has 2 fully saturated rings. The number of piperidine rings is 2. The number of likely N-dealkylation sites (tertiary alicyclic amines) is 1. The van der Waals surface area contributed by atoms with Crippen LogP contribution in [0.4, 0.5) is 16.8 Å². The molecule has 2 aromatic heterocycles. The van der Waals surface area contributed by atoms with Crippen molar-refractivity contribution in [1.29, 1.82) is 0 Å². The molecule has 12 nitrogen and oxygen atoms in total. The minimum Gasteiger partial charge on any atom is -0.508 e. The van der Waals surface area contributed by atoms with Gasteiger partial charge in [0.05, 0.1) is 7.11 Å². The lowest BCUT2D eigenvalue weighted by molar-refractivity contribution is 0.0210. The number of oxazole rings is 2. The number of phenolic OH excluding ortho intramolecular Hbond substituents is 1. The third kappa shape index (κ3) is 7.75. The molecule has 6 rings (SSSR count). The van der Waals surface area contributed by atoms with E-state index < -0.39 is 5.60 Å². The molecule has 2 aliphatic heterocycles. The molecule has 4 heterocycles. The molecule has 1 amide bonds. The van der Waals surface area contributed by atoms with Gasteiger partial charge < -0.3 is 44.3 Å². The van der Waals surface area contributed by atoms with Gasteiger partial charge in [-0.3, -0.25) is 0 Å². The number of benzene rings is 2. The molecule has 2 saturated heterocycles. The van der Waals surface area contributed by atoms with E-state index in [0.717, 1.165) is 55.6 Å². The van der Waals surface area contributed by atoms with E-state index in [2.05, 4.69) is 25.9 Å². The number of aromatic nitrogens is 2. The number of methoxy groups -OCH3 is 1. The smallest absolute Gasteiger partial charge is 0.410 e. The van der Waals surface area contributed by atoms with Crippen molar-refractivity contribution in [2.45, 2.75) is 64.1 Å². The quantitative estimate of drug-likeness (QED) is 0.242. The average Bonchev–Trinajstić information content (AvgIpc) is 3.55. The fraction of sp³-hybridized carbons (Fsp3) is 0.500. The maximum absolute atomic E-state index is 12.1. The van der Waals surface area contributed by atoms with Crippen molar-refractivity contribution in [3.8, 4) is 11.5 Å². The highest BCUT2D eigenvalue weighted by Crippen LogP contribution is 2.26. The van der Waals surface area contributed by atoms with Gasteiger partial charge in [0.1, 0.15) is 28.1 Å². The number of aromatic hydroxyl groups is 1. The van der Waals surface area contributed by atoms with E-state index in [1.54, 1.807) is 30.2 Å². The third-order valence-electron chi connectivity index (χ3n) is 7.11. The van der Waals surface area contributed by atoms with Crippen molar-refractivity contribution >= 4 is 40.3 Å². The summed E-state index contributed by atoms with van der Waals surface area (Å²) in [5.41, 5.74) is 2.37. The predicted octanol–water partition coefficient (Wildman–Crippen LogP) is 5.35. The van der Waals surface area contributed by atoms with Crippen LogP contribution in [0.1, 0.15) is 46.5 Å². The Balaban J connectivity index is 0.000000175. The number of hydrogen-bond donors (Lipinski definition) is 4. The minimum atomic E-state index is -0.476. The summed E-state index contributed by atoms with van der Waals surface area (Å²) in [6.45, 7) is 8.96. The Labute approximate surface area is 244 Å². The average molecular weight is 581 g/mol. The number of carbonyl (C=O) groups excluding carboxylic acids is 1. The first-order valence-electron chi connectivity index (χ1n) is 14.4. The van der Waals surface area contributed by atoms with Crippen LogP contribution in [0, 0.1) is 0 Å². The predicted molar refractivity (Wildman–Crippen MR) is 160 cm³/mol. The van der Waals surface area contributed by atoms with Crippen LogP contribution in [-0.4, -0.2) is 77.0 Å². The Morgan fingerprint density at radius 3 is 2.10 bits per heavy atom. The van der Waals surface area contributed by atoms with Crippen LogP contribution < -0.4 is 20.7 Å². The molecule has 0 aliphatic carbocycles. The second kappa shape index (κ2) is 12.8. The molecule has 4 aromatic rings. The van der Waals surface area contributed by atoms with Gasteiger partial charge in [-0.1, -0.05) is 0 Å². The summed E-state index contributed by atoms with van der Waals surface area (Å²) in [5.74, 6) is 0.956. The maximum atomic E-state index is 12.1. The van der Waals surface area contributed by atoms with E-state index in [1.165, 1.54) is 0 Å². The van der Waals surface area contributed by atoms with Gasteiger partial charge in [0.15, 0.2) is 11.2 Å². The third-order valence-corrected chi connectivity index (χ3v) is 7.11. The highest BCUT2D eigenvalue weighted by Gasteiger charge is 2.27. The van der Waals surface area contributed by atoms with Gasteiger partial charge in [-0.15, -0.1) is 0 Å². The number of nitrogens with one attached hydrogen (secondary N) is 3. The van der Waals surface area contributed by atoms with Crippen molar-refractivity contribution in [3.63, 3.8) is 0 Å². The highest BCUT2D eigenvalue weighted by atomic mass is 16.6. The number of ether oxygens (including phenoxy) is 2. The topological polar surface area (TPSA) is 147 Å². The zero-order chi connectivity index (χ0) is 29.7. The monoisotopic (exact) mass is 580 g/mol. The fourth-order valence-electron chi connectivity index (χ4n) is 4.92. The molecule has 2 aliphatic rings. The molecule has 12 heteroatoms. The molecule has 0 radical (unpaired) electrons. The van der Waals surface area contributed by atoms with E-state index in [1.807, 2.05) is 39.0 Å². The zero-order valence-corrected chi connectivity index (χ0v) is 24.6. The summed E-state index contributed by atoms with van der Waals surface area (Å²) in [6, 6.07) is 12.1. The molecule has 0 unspecified atom stereocenters. The van der Waals surface area contributed by atoms with Gasteiger partial charge in [0, 0.05) is 37.3 Å². The number of phenols is 1. The van der Waals surface area contributed by atoms with Gasteiger partial charge >= 0.3 is 6.09 Å². The van der Waals surface area contributed by atoms with Crippen LogP contribution in [0.3, 0.4) is 0 Å². The summed E-state index contributed by atoms with van der Waals surface area (Å²) in [5, 5.41) is 19.4. The normalized spacial score (nSPS) is 16.6. The van der Waals surface area contributed by atoms with Crippen LogP contribution in [0.2, 0.25) is 0 Å². The van der Waals surface area contributed by atoms with E-state index >= 15 is 0 Å². The summed E-state index contributed by atoms with van der Waals surface area (Å²) >= 11 is 0. The largest absolute Gasteiger partial charge is 0.508 e. The number of rotatable bonds is 5. The molecule has 42 heavy (non-hydrogen) atoms. The maximum Gasteiger partial charge on any atom is 0.410 e. The molecule has 0 spiro atoms. The van der Waals surface area contributed by atoms with Crippen LogP contribution in [0.5, 0.6) is 11.5 Å². The van der Waals surface area contributed by atoms with Gasteiger partial charge in [0.2, 0.25) is 0 Å². The second-order valence-corrected chi connectivity index (χ2v) is 11.6. The minimum absolute atomic E-state index is 0.160. The Hall–Kier alpha value is -4.19. The van der Waals surface area contributed by atoms with Gasteiger partial charge in [-0.25, -0.2) is 4.79 Å². The second-order valence-electron chi connectivity index (χ2n) is 11.6. The number of hydrogen-bond acceptors (Lipinski definition) is 11. The molecule has 0 bridgehead atoms. The number of anilines is 2. The number of fused-ring (bicyclic) bond motifs is 2. The zero-order valence-electron chi connectivity index (χ0n) is 24.6. The lowest BCUT2D eigenvalue weighted by Gasteiger charge is -2.33. The van der Waals surface area contributed by atoms with Crippen molar-refractivity contribution < 1.29 is 28.2 Å². The molecule has 4 N–H and O–H groups in total. The summed E-state index contributed by atoms with van der Waals surface area (Å²) in [4.78, 5) is 22.6. The molecular formula is C30H40N6O6. The van der Waals surface area contributed by atoms with Crippen LogP contribution in [0.25, 0.3) is 22.2 Å². The highest BCUT2D eigenvalue weighted by molar-refractivity contribution is 5.77. The SMILES string of the molecule is CC(C)(C)OC(=O)N1CCC(Nc2nc3cc(O)ccc3o2)CC1.COc1ccc2oc(NC3CCNCC3)nc2c1. The Morgan fingerprint density at radius 1 is 0.929 bits per heavy atom. The van der Waals surface area contributed by atoms with Gasteiger partial charge in [-0.2, -0.15) is 9.97 Å².